The third-order valence-corrected chi connectivity index (χ3v) is 9.92. The van der Waals surface area contributed by atoms with Gasteiger partial charge < -0.3 is 15.0 Å². The number of β-amino-alcohol motifs (C(OH)–C–C–N with tert-alkyl or cyclic N) is 1. The molecule has 1 unspecified atom stereocenters. The number of nitrogens with one attached hydrogen (secondary N) is 1. The first-order valence-corrected chi connectivity index (χ1v) is 15.9. The fraction of sp³-hybridized carbons (Fsp3) is 0.643. The molecular weight excluding hydrogens is 518 g/mol. The second-order valence-electron chi connectivity index (χ2n) is 11.7. The lowest BCUT2D eigenvalue weighted by atomic mass is 9.96. The number of hydrogen-bond acceptors (Lipinski definition) is 7. The average molecular weight is 560 g/mol. The number of carbonyl (C=O) groups excluding carboxylic acids is 1. The van der Waals surface area contributed by atoms with Crippen molar-refractivity contribution in [1.82, 2.24) is 24.0 Å². The lowest BCUT2D eigenvalue weighted by molar-refractivity contribution is 0.0276. The van der Waals surface area contributed by atoms with Crippen LogP contribution in [0.25, 0.3) is 10.9 Å². The third-order valence-electron chi connectivity index (χ3n) is 8.62. The smallest absolute Gasteiger partial charge is 0.264 e. The summed E-state index contributed by atoms with van der Waals surface area (Å²) in [6.07, 6.45) is 4.39. The van der Waals surface area contributed by atoms with Crippen molar-refractivity contribution in [3.63, 3.8) is 0 Å². The maximum atomic E-state index is 13.3. The second-order valence-corrected chi connectivity index (χ2v) is 13.7. The Kier molecular flexibility index (Phi) is 8.17. The lowest BCUT2D eigenvalue weighted by Crippen LogP contribution is -2.55. The molecule has 0 radical (unpaired) electrons. The number of para-hydroxylation sites is 1. The number of carbonyl (C=O) groups is 1. The van der Waals surface area contributed by atoms with Gasteiger partial charge >= 0.3 is 0 Å². The minimum atomic E-state index is -3.17. The van der Waals surface area contributed by atoms with E-state index < -0.39 is 16.1 Å². The Bertz CT molecular complexity index is 1350. The van der Waals surface area contributed by atoms with E-state index in [0.29, 0.717) is 39.3 Å². The van der Waals surface area contributed by atoms with Crippen molar-refractivity contribution in [2.24, 2.45) is 0 Å². The highest BCUT2D eigenvalue weighted by molar-refractivity contribution is 7.88. The van der Waals surface area contributed by atoms with Crippen LogP contribution in [0.4, 0.5) is 0 Å². The molecule has 2 aromatic rings. The van der Waals surface area contributed by atoms with Crippen LogP contribution in [-0.4, -0.2) is 108 Å². The predicted octanol–water partition coefficient (Wildman–Crippen LogP) is 1.25. The Morgan fingerprint density at radius 2 is 1.69 bits per heavy atom. The van der Waals surface area contributed by atoms with Crippen LogP contribution in [0.5, 0.6) is 0 Å². The van der Waals surface area contributed by atoms with Crippen LogP contribution in [0, 0.1) is 0 Å². The number of benzene rings is 1. The van der Waals surface area contributed by atoms with E-state index in [0.717, 1.165) is 36.6 Å². The van der Waals surface area contributed by atoms with Crippen LogP contribution < -0.4 is 10.9 Å². The number of aliphatic hydroxyl groups excluding tert-OH is 1. The average Bonchev–Trinajstić information content (AvgIpc) is 3.10. The number of sulfonamides is 1. The van der Waals surface area contributed by atoms with E-state index in [9.17, 15) is 23.1 Å². The summed E-state index contributed by atoms with van der Waals surface area (Å²) in [6, 6.07) is 9.87. The van der Waals surface area contributed by atoms with Gasteiger partial charge in [0.05, 0.1) is 17.9 Å². The maximum Gasteiger partial charge on any atom is 0.264 e. The molecule has 3 saturated heterocycles. The van der Waals surface area contributed by atoms with Gasteiger partial charge in [-0.05, 0) is 57.0 Å². The summed E-state index contributed by atoms with van der Waals surface area (Å²) < 4.78 is 26.7. The van der Waals surface area contributed by atoms with Gasteiger partial charge in [0.25, 0.3) is 11.5 Å². The van der Waals surface area contributed by atoms with Gasteiger partial charge in [-0.3, -0.25) is 19.4 Å². The zero-order valence-electron chi connectivity index (χ0n) is 23.1. The molecule has 3 aliphatic heterocycles. The molecule has 39 heavy (non-hydrogen) atoms. The van der Waals surface area contributed by atoms with Crippen LogP contribution in [0.3, 0.4) is 0 Å². The molecule has 10 nitrogen and oxygen atoms in total. The summed E-state index contributed by atoms with van der Waals surface area (Å²) in [7, 11) is -3.17. The van der Waals surface area contributed by atoms with Gasteiger partial charge in [-0.1, -0.05) is 18.2 Å². The fourth-order valence-electron chi connectivity index (χ4n) is 6.76. The highest BCUT2D eigenvalue weighted by Gasteiger charge is 2.42. The summed E-state index contributed by atoms with van der Waals surface area (Å²) in [4.78, 5) is 31.1. The van der Waals surface area contributed by atoms with Crippen LogP contribution >= 0.6 is 0 Å². The van der Waals surface area contributed by atoms with Crippen molar-refractivity contribution in [3.05, 3.63) is 46.2 Å². The molecular formula is C28H41N5O5S. The van der Waals surface area contributed by atoms with E-state index in [2.05, 4.69) is 15.1 Å². The molecule has 3 fully saturated rings. The molecule has 1 aromatic carbocycles. The number of pyridine rings is 1. The zero-order valence-corrected chi connectivity index (χ0v) is 23.9. The maximum absolute atomic E-state index is 13.3. The van der Waals surface area contributed by atoms with Gasteiger partial charge in [-0.25, -0.2) is 8.42 Å². The third kappa shape index (κ3) is 6.07. The van der Waals surface area contributed by atoms with Gasteiger partial charge in [-0.15, -0.1) is 0 Å². The quantitative estimate of drug-likeness (QED) is 0.500. The number of rotatable bonds is 8. The number of nitrogens with zero attached hydrogens (tertiary/aromatic N) is 4. The fourth-order valence-corrected chi connectivity index (χ4v) is 7.58. The zero-order chi connectivity index (χ0) is 27.9. The minimum absolute atomic E-state index is 0.00849. The molecule has 1 amide bonds. The molecule has 214 valence electrons. The normalized spacial score (nSPS) is 25.8. The van der Waals surface area contributed by atoms with Crippen LogP contribution in [-0.2, 0) is 10.0 Å². The van der Waals surface area contributed by atoms with Crippen molar-refractivity contribution >= 4 is 26.8 Å². The summed E-state index contributed by atoms with van der Waals surface area (Å²) >= 11 is 0. The molecule has 0 saturated carbocycles. The summed E-state index contributed by atoms with van der Waals surface area (Å²) in [6.45, 7) is 7.17. The molecule has 0 spiro atoms. The number of amides is 1. The van der Waals surface area contributed by atoms with Gasteiger partial charge in [0.15, 0.2) is 0 Å². The summed E-state index contributed by atoms with van der Waals surface area (Å²) in [5.74, 6) is -0.314. The van der Waals surface area contributed by atoms with E-state index >= 15 is 0 Å². The number of fused-ring (bicyclic) bond motifs is 3. The highest BCUT2D eigenvalue weighted by atomic mass is 32.2. The molecule has 4 heterocycles. The molecule has 11 heteroatoms. The number of aliphatic hydroxyl groups is 1. The van der Waals surface area contributed by atoms with Gasteiger partial charge in [0.2, 0.25) is 10.0 Å². The SMILES string of the molecule is CC(C)n1c(=O)c(C(=O)NC2C[C@@H]3CC[C@@H](C2)N3CC(O)CN2CCN(S(C)(=O)=O)CC2)cc2ccccc21. The Morgan fingerprint density at radius 3 is 2.31 bits per heavy atom. The van der Waals surface area contributed by atoms with E-state index in [1.165, 1.54) is 10.6 Å². The minimum Gasteiger partial charge on any atom is -0.390 e. The van der Waals surface area contributed by atoms with Crippen molar-refractivity contribution in [2.75, 3.05) is 45.5 Å². The van der Waals surface area contributed by atoms with Gasteiger partial charge in [0.1, 0.15) is 5.56 Å². The number of piperazine rings is 1. The van der Waals surface area contributed by atoms with Crippen molar-refractivity contribution in [2.45, 2.75) is 69.8 Å². The molecule has 2 N–H and O–H groups in total. The number of hydrogen-bond donors (Lipinski definition) is 2. The van der Waals surface area contributed by atoms with Crippen molar-refractivity contribution < 1.29 is 18.3 Å². The first kappa shape index (κ1) is 28.2. The Labute approximate surface area is 230 Å². The van der Waals surface area contributed by atoms with Crippen molar-refractivity contribution in [1.29, 1.82) is 0 Å². The monoisotopic (exact) mass is 559 g/mol. The van der Waals surface area contributed by atoms with E-state index in [4.69, 9.17) is 0 Å². The van der Waals surface area contributed by atoms with E-state index in [1.807, 2.05) is 38.1 Å². The number of piperidine rings is 1. The van der Waals surface area contributed by atoms with Crippen molar-refractivity contribution in [3.8, 4) is 0 Å². The number of aromatic nitrogens is 1. The topological polar surface area (TPSA) is 115 Å². The standard InChI is InChI=1S/C28H41N5O5S/c1-19(2)33-26-7-5-4-6-20(26)14-25(28(33)36)27(35)29-21-15-22-8-9-23(16-21)32(22)18-24(34)17-30-10-12-31(13-11-30)39(3,37)38/h4-7,14,19,21-24,34H,8-13,15-18H2,1-3H3,(H,29,35)/t22-,23-,24?/m0/s1. The highest BCUT2D eigenvalue weighted by Crippen LogP contribution is 2.36. The Hall–Kier alpha value is -2.31. The van der Waals surface area contributed by atoms with Crippen LogP contribution in [0.15, 0.2) is 35.1 Å². The summed E-state index contributed by atoms with van der Waals surface area (Å²) in [5, 5.41) is 14.9. The molecule has 1 aromatic heterocycles. The second kappa shape index (κ2) is 11.3. The van der Waals surface area contributed by atoms with Crippen LogP contribution in [0.1, 0.15) is 55.9 Å². The van der Waals surface area contributed by atoms with Crippen LogP contribution in [0.2, 0.25) is 0 Å². The predicted molar refractivity (Wildman–Crippen MR) is 151 cm³/mol. The molecule has 3 atom stereocenters. The molecule has 2 bridgehead atoms. The van der Waals surface area contributed by atoms with Gasteiger partial charge in [0, 0.05) is 63.4 Å². The first-order chi connectivity index (χ1) is 18.5. The molecule has 5 rings (SSSR count). The molecule has 3 aliphatic rings. The molecule has 0 aliphatic carbocycles. The summed E-state index contributed by atoms with van der Waals surface area (Å²) in [5.41, 5.74) is 0.752. The van der Waals surface area contributed by atoms with E-state index in [1.54, 1.807) is 10.6 Å². The first-order valence-electron chi connectivity index (χ1n) is 14.1. The Morgan fingerprint density at radius 1 is 1.05 bits per heavy atom. The lowest BCUT2D eigenvalue weighted by Gasteiger charge is -2.41. The Balaban J connectivity index is 1.18. The largest absolute Gasteiger partial charge is 0.390 e. The van der Waals surface area contributed by atoms with Gasteiger partial charge in [-0.2, -0.15) is 4.31 Å². The van der Waals surface area contributed by atoms with E-state index in [-0.39, 0.29) is 41.2 Å².